The number of carbonyl (C=O) groups excluding carboxylic acids is 3. The molecule has 0 radical (unpaired) electrons. The van der Waals surface area contributed by atoms with Crippen LogP contribution in [-0.4, -0.2) is 48.3 Å². The van der Waals surface area contributed by atoms with Crippen LogP contribution in [0.2, 0.25) is 0 Å². The van der Waals surface area contributed by atoms with E-state index in [1.54, 1.807) is 12.1 Å². The van der Waals surface area contributed by atoms with Crippen molar-refractivity contribution in [2.45, 2.75) is 45.1 Å². The second-order valence-electron chi connectivity index (χ2n) is 8.43. The topological polar surface area (TPSA) is 78.5 Å². The molecule has 6 heteroatoms. The third-order valence-electron chi connectivity index (χ3n) is 5.82. The summed E-state index contributed by atoms with van der Waals surface area (Å²) >= 11 is 0. The Morgan fingerprint density at radius 3 is 2.41 bits per heavy atom. The van der Waals surface area contributed by atoms with Gasteiger partial charge in [0.05, 0.1) is 0 Å². The van der Waals surface area contributed by atoms with Crippen LogP contribution in [0.3, 0.4) is 0 Å². The van der Waals surface area contributed by atoms with Crippen LogP contribution in [0.15, 0.2) is 60.7 Å². The zero-order chi connectivity index (χ0) is 22.8. The van der Waals surface area contributed by atoms with E-state index in [-0.39, 0.29) is 23.6 Å². The minimum Gasteiger partial charge on any atom is -0.356 e. The Balaban J connectivity index is 1.68. The number of nitrogens with one attached hydrogen (secondary N) is 2. The molecule has 2 atom stereocenters. The van der Waals surface area contributed by atoms with E-state index in [9.17, 15) is 14.4 Å². The summed E-state index contributed by atoms with van der Waals surface area (Å²) in [5, 5.41) is 5.95. The molecule has 0 unspecified atom stereocenters. The third-order valence-corrected chi connectivity index (χ3v) is 5.82. The Kier molecular flexibility index (Phi) is 8.84. The number of hydrogen-bond acceptors (Lipinski definition) is 3. The molecule has 2 aromatic rings. The van der Waals surface area contributed by atoms with Crippen molar-refractivity contribution in [1.82, 2.24) is 15.5 Å². The molecule has 1 aliphatic rings. The fourth-order valence-electron chi connectivity index (χ4n) is 4.11. The first-order valence-corrected chi connectivity index (χ1v) is 11.5. The number of nitrogens with zero attached hydrogens (tertiary/aromatic N) is 1. The summed E-state index contributed by atoms with van der Waals surface area (Å²) in [5.41, 5.74) is 1.54. The van der Waals surface area contributed by atoms with Crippen LogP contribution in [0, 0.1) is 5.92 Å². The van der Waals surface area contributed by atoms with E-state index in [1.807, 2.05) is 60.4 Å². The quantitative estimate of drug-likeness (QED) is 0.635. The smallest absolute Gasteiger partial charge is 0.251 e. The molecule has 0 bridgehead atoms. The highest BCUT2D eigenvalue weighted by molar-refractivity contribution is 5.97. The lowest BCUT2D eigenvalue weighted by atomic mass is 9.96. The fourth-order valence-corrected chi connectivity index (χ4v) is 4.11. The number of hydrogen-bond donors (Lipinski definition) is 2. The fraction of sp³-hybridized carbons (Fsp3) is 0.423. The van der Waals surface area contributed by atoms with Gasteiger partial charge in [-0.15, -0.1) is 0 Å². The lowest BCUT2D eigenvalue weighted by Gasteiger charge is -2.35. The number of carbonyl (C=O) groups is 3. The van der Waals surface area contributed by atoms with Crippen LogP contribution in [0.1, 0.15) is 48.5 Å². The average Bonchev–Trinajstić information content (AvgIpc) is 2.83. The van der Waals surface area contributed by atoms with Gasteiger partial charge in [-0.05, 0) is 42.9 Å². The molecule has 3 amide bonds. The molecular formula is C26H33N3O3. The van der Waals surface area contributed by atoms with Gasteiger partial charge in [0, 0.05) is 38.0 Å². The van der Waals surface area contributed by atoms with E-state index >= 15 is 0 Å². The molecule has 2 N–H and O–H groups in total. The largest absolute Gasteiger partial charge is 0.356 e. The van der Waals surface area contributed by atoms with Gasteiger partial charge in [0.1, 0.15) is 6.04 Å². The second-order valence-corrected chi connectivity index (χ2v) is 8.43. The van der Waals surface area contributed by atoms with Crippen molar-refractivity contribution in [2.75, 3.05) is 19.6 Å². The summed E-state index contributed by atoms with van der Waals surface area (Å²) in [4.78, 5) is 40.0. The molecule has 1 aliphatic heterocycles. The Labute approximate surface area is 190 Å². The third kappa shape index (κ3) is 6.94. The van der Waals surface area contributed by atoms with E-state index in [4.69, 9.17) is 0 Å². The van der Waals surface area contributed by atoms with Crippen molar-refractivity contribution in [3.63, 3.8) is 0 Å². The number of benzene rings is 2. The van der Waals surface area contributed by atoms with Gasteiger partial charge < -0.3 is 15.5 Å². The summed E-state index contributed by atoms with van der Waals surface area (Å²) in [6.07, 6.45) is 3.66. The predicted molar refractivity (Wildman–Crippen MR) is 125 cm³/mol. The van der Waals surface area contributed by atoms with E-state index < -0.39 is 6.04 Å². The van der Waals surface area contributed by atoms with Gasteiger partial charge in [-0.2, -0.15) is 0 Å². The lowest BCUT2D eigenvalue weighted by Crippen LogP contribution is -2.53. The number of rotatable bonds is 9. The summed E-state index contributed by atoms with van der Waals surface area (Å²) < 4.78 is 0. The number of amides is 3. The first kappa shape index (κ1) is 23.5. The second kappa shape index (κ2) is 12.0. The molecule has 0 aliphatic carbocycles. The SMILES string of the molecule is CCCC(=O)NC[C@@H]1CCCN(C(=O)[C@H](Cc2ccccc2)NC(=O)c2ccccc2)C1. The van der Waals surface area contributed by atoms with E-state index in [0.29, 0.717) is 38.0 Å². The van der Waals surface area contributed by atoms with Crippen molar-refractivity contribution >= 4 is 17.7 Å². The van der Waals surface area contributed by atoms with Crippen LogP contribution in [0.5, 0.6) is 0 Å². The molecular weight excluding hydrogens is 402 g/mol. The maximum atomic E-state index is 13.5. The maximum absolute atomic E-state index is 13.5. The molecule has 170 valence electrons. The molecule has 3 rings (SSSR count). The molecule has 1 fully saturated rings. The highest BCUT2D eigenvalue weighted by Crippen LogP contribution is 2.18. The van der Waals surface area contributed by atoms with Crippen molar-refractivity contribution in [3.05, 3.63) is 71.8 Å². The zero-order valence-corrected chi connectivity index (χ0v) is 18.8. The van der Waals surface area contributed by atoms with E-state index in [0.717, 1.165) is 24.8 Å². The molecule has 32 heavy (non-hydrogen) atoms. The van der Waals surface area contributed by atoms with Gasteiger partial charge in [-0.3, -0.25) is 14.4 Å². The van der Waals surface area contributed by atoms with Crippen LogP contribution >= 0.6 is 0 Å². The van der Waals surface area contributed by atoms with Crippen molar-refractivity contribution < 1.29 is 14.4 Å². The number of likely N-dealkylation sites (tertiary alicyclic amines) is 1. The maximum Gasteiger partial charge on any atom is 0.251 e. The average molecular weight is 436 g/mol. The minimum absolute atomic E-state index is 0.0630. The zero-order valence-electron chi connectivity index (χ0n) is 18.8. The van der Waals surface area contributed by atoms with Crippen LogP contribution in [0.4, 0.5) is 0 Å². The molecule has 0 saturated carbocycles. The van der Waals surface area contributed by atoms with Gasteiger partial charge in [0.25, 0.3) is 5.91 Å². The summed E-state index contributed by atoms with van der Waals surface area (Å²) in [7, 11) is 0. The Morgan fingerprint density at radius 2 is 1.72 bits per heavy atom. The first-order valence-electron chi connectivity index (χ1n) is 11.5. The first-order chi connectivity index (χ1) is 15.6. The Hall–Kier alpha value is -3.15. The van der Waals surface area contributed by atoms with Crippen molar-refractivity contribution in [2.24, 2.45) is 5.92 Å². The predicted octanol–water partition coefficient (Wildman–Crippen LogP) is 3.18. The minimum atomic E-state index is -0.640. The molecule has 2 aromatic carbocycles. The standard InChI is InChI=1S/C26H33N3O3/c1-2-10-24(30)27-18-21-13-9-16-29(19-21)26(32)23(17-20-11-5-3-6-12-20)28-25(31)22-14-7-4-8-15-22/h3-8,11-12,14-15,21,23H,2,9-10,13,16-19H2,1H3,(H,27,30)(H,28,31)/t21-,23-/m0/s1. The van der Waals surface area contributed by atoms with Crippen LogP contribution in [-0.2, 0) is 16.0 Å². The Bertz CT molecular complexity index is 886. The van der Waals surface area contributed by atoms with Gasteiger partial charge in [0.15, 0.2) is 0 Å². The summed E-state index contributed by atoms with van der Waals surface area (Å²) in [6.45, 7) is 3.84. The Morgan fingerprint density at radius 1 is 1.03 bits per heavy atom. The highest BCUT2D eigenvalue weighted by Gasteiger charge is 2.30. The summed E-state index contributed by atoms with van der Waals surface area (Å²) in [5.74, 6) is -0.0216. The van der Waals surface area contributed by atoms with Crippen LogP contribution in [0.25, 0.3) is 0 Å². The molecule has 0 aromatic heterocycles. The highest BCUT2D eigenvalue weighted by atomic mass is 16.2. The molecule has 0 spiro atoms. The van der Waals surface area contributed by atoms with Crippen LogP contribution < -0.4 is 10.6 Å². The van der Waals surface area contributed by atoms with E-state index in [2.05, 4.69) is 10.6 Å². The van der Waals surface area contributed by atoms with Crippen molar-refractivity contribution in [3.8, 4) is 0 Å². The summed E-state index contributed by atoms with van der Waals surface area (Å²) in [6, 6.07) is 18.1. The van der Waals surface area contributed by atoms with Crippen molar-refractivity contribution in [1.29, 1.82) is 0 Å². The normalized spacial score (nSPS) is 16.8. The molecule has 6 nitrogen and oxygen atoms in total. The van der Waals surface area contributed by atoms with Gasteiger partial charge in [0.2, 0.25) is 11.8 Å². The number of piperidine rings is 1. The van der Waals surface area contributed by atoms with Gasteiger partial charge >= 0.3 is 0 Å². The lowest BCUT2D eigenvalue weighted by molar-refractivity contribution is -0.135. The molecule has 1 saturated heterocycles. The van der Waals surface area contributed by atoms with Gasteiger partial charge in [-0.25, -0.2) is 0 Å². The monoisotopic (exact) mass is 435 g/mol. The molecule has 1 heterocycles. The van der Waals surface area contributed by atoms with E-state index in [1.165, 1.54) is 0 Å². The van der Waals surface area contributed by atoms with Gasteiger partial charge in [-0.1, -0.05) is 55.5 Å².